The number of anilines is 1. The van der Waals surface area contributed by atoms with Gasteiger partial charge in [-0.05, 0) is 74.4 Å². The highest BCUT2D eigenvalue weighted by Gasteiger charge is 2.31. The van der Waals surface area contributed by atoms with E-state index in [-0.39, 0.29) is 17.2 Å². The maximum Gasteiger partial charge on any atom is 0.573 e. The Morgan fingerprint density at radius 3 is 2.38 bits per heavy atom. The van der Waals surface area contributed by atoms with E-state index in [9.17, 15) is 22.8 Å². The molecule has 2 aromatic carbocycles. The number of hydrogen-bond donors (Lipinski definition) is 1. The van der Waals surface area contributed by atoms with Crippen LogP contribution in [0.5, 0.6) is 5.75 Å². The molecule has 1 atom stereocenters. The van der Waals surface area contributed by atoms with Crippen molar-refractivity contribution in [2.45, 2.75) is 37.4 Å². The molecule has 3 aromatic rings. The Balaban J connectivity index is 1.69. The molecule has 0 spiro atoms. The molecule has 0 aliphatic carbocycles. The van der Waals surface area contributed by atoms with Crippen molar-refractivity contribution in [3.8, 4) is 11.4 Å². The van der Waals surface area contributed by atoms with Gasteiger partial charge in [0, 0.05) is 11.8 Å². The van der Waals surface area contributed by atoms with Gasteiger partial charge in [0.1, 0.15) is 10.8 Å². The maximum absolute atomic E-state index is 12.5. The zero-order valence-electron chi connectivity index (χ0n) is 17.4. The molecule has 0 aliphatic heterocycles. The molecule has 3 rings (SSSR count). The summed E-state index contributed by atoms with van der Waals surface area (Å²) in [6.45, 7) is 5.57. The Morgan fingerprint density at radius 2 is 1.75 bits per heavy atom. The second-order valence-corrected chi connectivity index (χ2v) is 8.37. The number of carbonyl (C=O) groups is 1. The van der Waals surface area contributed by atoms with E-state index in [4.69, 9.17) is 0 Å². The van der Waals surface area contributed by atoms with Crippen LogP contribution in [0.4, 0.5) is 18.9 Å². The lowest BCUT2D eigenvalue weighted by Gasteiger charge is -2.13. The first-order valence-corrected chi connectivity index (χ1v) is 10.4. The zero-order valence-corrected chi connectivity index (χ0v) is 18.3. The van der Waals surface area contributed by atoms with Crippen LogP contribution in [-0.4, -0.2) is 27.3 Å². The smallest absolute Gasteiger partial charge is 0.406 e. The van der Waals surface area contributed by atoms with Crippen LogP contribution in [0.1, 0.15) is 18.1 Å². The first-order chi connectivity index (χ1) is 15.0. The molecular weight excluding hydrogens is 443 g/mol. The average molecular weight is 463 g/mol. The number of aryl methyl sites for hydroxylation is 2. The minimum atomic E-state index is -4.78. The van der Waals surface area contributed by atoms with Gasteiger partial charge in [0.15, 0.2) is 0 Å². The number of nitrogens with zero attached hydrogens (tertiary/aromatic N) is 2. The van der Waals surface area contributed by atoms with E-state index in [1.54, 1.807) is 13.0 Å². The molecule has 168 valence electrons. The Bertz CT molecular complexity index is 1180. The number of carbonyl (C=O) groups excluding carboxylic acids is 1. The molecule has 0 saturated heterocycles. The quantitative estimate of drug-likeness (QED) is 0.528. The number of halogens is 3. The lowest BCUT2D eigenvalue weighted by Crippen LogP contribution is -2.24. The van der Waals surface area contributed by atoms with E-state index in [0.717, 1.165) is 35.0 Å². The number of nitrogens with one attached hydrogen (secondary N) is 1. The number of rotatable bonds is 6. The number of ether oxygens (including phenoxy) is 1. The predicted octanol–water partition coefficient (Wildman–Crippen LogP) is 4.87. The minimum absolute atomic E-state index is 0.295. The van der Waals surface area contributed by atoms with Crippen molar-refractivity contribution in [2.24, 2.45) is 0 Å². The first kappa shape index (κ1) is 23.4. The van der Waals surface area contributed by atoms with Crippen LogP contribution in [0, 0.1) is 13.8 Å². The van der Waals surface area contributed by atoms with E-state index in [2.05, 4.69) is 15.2 Å². The summed E-state index contributed by atoms with van der Waals surface area (Å²) in [6, 6.07) is 13.3. The van der Waals surface area contributed by atoms with E-state index < -0.39 is 11.6 Å². The molecule has 0 aliphatic rings. The zero-order chi connectivity index (χ0) is 23.5. The third-order valence-electron chi connectivity index (χ3n) is 4.53. The minimum Gasteiger partial charge on any atom is -0.406 e. The molecule has 1 unspecified atom stereocenters. The molecule has 1 heterocycles. The lowest BCUT2D eigenvalue weighted by atomic mass is 10.1. The van der Waals surface area contributed by atoms with E-state index in [1.165, 1.54) is 28.9 Å². The molecule has 0 bridgehead atoms. The summed E-state index contributed by atoms with van der Waals surface area (Å²) in [5.41, 5.74) is 2.77. The third-order valence-corrected chi connectivity index (χ3v) is 5.56. The third kappa shape index (κ3) is 6.13. The summed E-state index contributed by atoms with van der Waals surface area (Å²) in [7, 11) is 0. The molecular formula is C22H20F3N3O3S. The van der Waals surface area contributed by atoms with E-state index in [1.807, 2.05) is 26.0 Å². The number of hydrogen-bond acceptors (Lipinski definition) is 5. The van der Waals surface area contributed by atoms with Gasteiger partial charge >= 0.3 is 6.36 Å². The monoisotopic (exact) mass is 463 g/mol. The average Bonchev–Trinajstić information content (AvgIpc) is 2.72. The molecule has 6 nitrogen and oxygen atoms in total. The fraction of sp³-hybridized carbons (Fsp3) is 0.227. The Labute approximate surface area is 186 Å². The van der Waals surface area contributed by atoms with Crippen LogP contribution >= 0.6 is 11.8 Å². The second-order valence-electron chi connectivity index (χ2n) is 7.01. The standard InChI is InChI=1S/C22H20F3N3O3S/c1-13-4-7-17(12-14(13)2)28-20(29)11-10-19(27-28)32-15(3)21(30)26-16-5-8-18(9-6-16)31-22(23,24)25/h4-12,15H,1-3H3,(H,26,30). The summed E-state index contributed by atoms with van der Waals surface area (Å²) in [5.74, 6) is -0.749. The van der Waals surface area contributed by atoms with Gasteiger partial charge in [0.2, 0.25) is 5.91 Å². The summed E-state index contributed by atoms with van der Waals surface area (Å²) in [5, 5.41) is 6.87. The van der Waals surface area contributed by atoms with E-state index >= 15 is 0 Å². The molecule has 10 heteroatoms. The van der Waals surface area contributed by atoms with Crippen molar-refractivity contribution in [1.29, 1.82) is 0 Å². The summed E-state index contributed by atoms with van der Waals surface area (Å²) >= 11 is 1.15. The van der Waals surface area contributed by atoms with Gasteiger partial charge in [-0.2, -0.15) is 9.78 Å². The molecule has 1 aromatic heterocycles. The van der Waals surface area contributed by atoms with Crippen LogP contribution in [0.25, 0.3) is 5.69 Å². The Hall–Kier alpha value is -3.27. The summed E-state index contributed by atoms with van der Waals surface area (Å²) < 4.78 is 41.8. The second kappa shape index (κ2) is 9.47. The van der Waals surface area contributed by atoms with Crippen LogP contribution in [0.15, 0.2) is 64.4 Å². The van der Waals surface area contributed by atoms with Crippen molar-refractivity contribution >= 4 is 23.4 Å². The van der Waals surface area contributed by atoms with Crippen molar-refractivity contribution in [3.05, 3.63) is 76.1 Å². The fourth-order valence-corrected chi connectivity index (χ4v) is 3.52. The van der Waals surface area contributed by atoms with Gasteiger partial charge in [-0.3, -0.25) is 9.59 Å². The number of aromatic nitrogens is 2. The lowest BCUT2D eigenvalue weighted by molar-refractivity contribution is -0.274. The van der Waals surface area contributed by atoms with Crippen LogP contribution in [-0.2, 0) is 4.79 Å². The topological polar surface area (TPSA) is 73.2 Å². The normalized spacial score (nSPS) is 12.3. The molecule has 1 N–H and O–H groups in total. The van der Waals surface area contributed by atoms with Crippen LogP contribution < -0.4 is 15.6 Å². The predicted molar refractivity (Wildman–Crippen MR) is 116 cm³/mol. The van der Waals surface area contributed by atoms with Crippen LogP contribution in [0.3, 0.4) is 0 Å². The summed E-state index contributed by atoms with van der Waals surface area (Å²) in [4.78, 5) is 24.8. The number of amides is 1. The highest BCUT2D eigenvalue weighted by molar-refractivity contribution is 8.00. The van der Waals surface area contributed by atoms with Gasteiger partial charge in [-0.1, -0.05) is 17.8 Å². The number of benzene rings is 2. The van der Waals surface area contributed by atoms with Gasteiger partial charge in [0.05, 0.1) is 10.9 Å². The molecule has 32 heavy (non-hydrogen) atoms. The van der Waals surface area contributed by atoms with Gasteiger partial charge in [0.25, 0.3) is 5.56 Å². The Morgan fingerprint density at radius 1 is 1.06 bits per heavy atom. The Kier molecular flexibility index (Phi) is 6.93. The first-order valence-electron chi connectivity index (χ1n) is 9.53. The molecule has 0 fully saturated rings. The molecule has 0 radical (unpaired) electrons. The SMILES string of the molecule is Cc1ccc(-n2nc(SC(C)C(=O)Nc3ccc(OC(F)(F)F)cc3)ccc2=O)cc1C. The van der Waals surface area contributed by atoms with Gasteiger partial charge in [-0.25, -0.2) is 0 Å². The van der Waals surface area contributed by atoms with Crippen molar-refractivity contribution in [3.63, 3.8) is 0 Å². The van der Waals surface area contributed by atoms with Crippen LogP contribution in [0.2, 0.25) is 0 Å². The van der Waals surface area contributed by atoms with Crippen molar-refractivity contribution in [2.75, 3.05) is 5.32 Å². The maximum atomic E-state index is 12.5. The number of thioether (sulfide) groups is 1. The molecule has 0 saturated carbocycles. The summed E-state index contributed by atoms with van der Waals surface area (Å²) in [6.07, 6.45) is -4.78. The van der Waals surface area contributed by atoms with Gasteiger partial charge in [-0.15, -0.1) is 13.2 Å². The van der Waals surface area contributed by atoms with Crippen molar-refractivity contribution < 1.29 is 22.7 Å². The van der Waals surface area contributed by atoms with E-state index in [0.29, 0.717) is 16.4 Å². The number of alkyl halides is 3. The highest BCUT2D eigenvalue weighted by atomic mass is 32.2. The largest absolute Gasteiger partial charge is 0.573 e. The van der Waals surface area contributed by atoms with Gasteiger partial charge < -0.3 is 10.1 Å². The fourth-order valence-electron chi connectivity index (χ4n) is 2.72. The highest BCUT2D eigenvalue weighted by Crippen LogP contribution is 2.25. The molecule has 1 amide bonds. The van der Waals surface area contributed by atoms with Crippen molar-refractivity contribution in [1.82, 2.24) is 9.78 Å².